The van der Waals surface area contributed by atoms with Gasteiger partial charge < -0.3 is 5.73 Å². The maximum atomic E-state index is 5.51. The summed E-state index contributed by atoms with van der Waals surface area (Å²) in [5, 5.41) is 1.11. The molecule has 0 atom stereocenters. The van der Waals surface area contributed by atoms with E-state index in [1.165, 1.54) is 18.4 Å². The van der Waals surface area contributed by atoms with Gasteiger partial charge in [0.2, 0.25) is 0 Å². The van der Waals surface area contributed by atoms with Crippen LogP contribution in [0.3, 0.4) is 0 Å². The topological polar surface area (TPSA) is 56.2 Å². The van der Waals surface area contributed by atoms with Crippen molar-refractivity contribution in [2.75, 3.05) is 12.3 Å². The molecule has 0 unspecified atom stereocenters. The molecule has 4 nitrogen and oxygen atoms in total. The standard InChI is InChI=1S/C14H18N4S/c1-10-13-14(19-9-4-2-3-8-15)17-12-7-5-6-11(16-10)18(12)13/h5-7H,2-4,8-9,15H2,1H3. The van der Waals surface area contributed by atoms with Crippen LogP contribution in [-0.2, 0) is 0 Å². The van der Waals surface area contributed by atoms with Crippen molar-refractivity contribution in [3.8, 4) is 0 Å². The third-order valence-corrected chi connectivity index (χ3v) is 4.35. The highest BCUT2D eigenvalue weighted by atomic mass is 32.2. The van der Waals surface area contributed by atoms with Gasteiger partial charge in [-0.2, -0.15) is 0 Å². The van der Waals surface area contributed by atoms with Gasteiger partial charge in [0.25, 0.3) is 0 Å². The summed E-state index contributed by atoms with van der Waals surface area (Å²) < 4.78 is 2.15. The summed E-state index contributed by atoms with van der Waals surface area (Å²) in [6.07, 6.45) is 3.51. The molecule has 2 N–H and O–H groups in total. The Morgan fingerprint density at radius 2 is 1.95 bits per heavy atom. The molecule has 3 aromatic heterocycles. The van der Waals surface area contributed by atoms with Crippen molar-refractivity contribution in [3.63, 3.8) is 0 Å². The van der Waals surface area contributed by atoms with Crippen molar-refractivity contribution < 1.29 is 0 Å². The fraction of sp³-hybridized carbons (Fsp3) is 0.429. The normalized spacial score (nSPS) is 11.9. The van der Waals surface area contributed by atoms with E-state index in [2.05, 4.69) is 16.3 Å². The largest absolute Gasteiger partial charge is 0.330 e. The molecule has 5 heteroatoms. The molecule has 3 heterocycles. The molecule has 0 saturated carbocycles. The van der Waals surface area contributed by atoms with E-state index in [-0.39, 0.29) is 0 Å². The Hall–Kier alpha value is -1.33. The van der Waals surface area contributed by atoms with Gasteiger partial charge in [-0.3, -0.25) is 4.40 Å². The van der Waals surface area contributed by atoms with Gasteiger partial charge in [-0.15, -0.1) is 11.8 Å². The van der Waals surface area contributed by atoms with Gasteiger partial charge in [-0.05, 0) is 44.2 Å². The van der Waals surface area contributed by atoms with Crippen molar-refractivity contribution in [2.45, 2.75) is 31.2 Å². The van der Waals surface area contributed by atoms with Gasteiger partial charge in [-0.1, -0.05) is 12.5 Å². The summed E-state index contributed by atoms with van der Waals surface area (Å²) in [5.74, 6) is 1.10. The predicted octanol–water partition coefficient (Wildman–Crippen LogP) is 2.85. The summed E-state index contributed by atoms with van der Waals surface area (Å²) in [5.41, 5.74) is 9.74. The number of nitrogens with zero attached hydrogens (tertiary/aromatic N) is 3. The lowest BCUT2D eigenvalue weighted by Gasteiger charge is -1.98. The first-order valence-corrected chi connectivity index (χ1v) is 7.70. The highest BCUT2D eigenvalue weighted by Gasteiger charge is 2.15. The number of pyridine rings is 1. The third-order valence-electron chi connectivity index (χ3n) is 3.30. The average molecular weight is 274 g/mol. The molecule has 0 aliphatic heterocycles. The van der Waals surface area contributed by atoms with Gasteiger partial charge in [0.1, 0.15) is 21.8 Å². The SMILES string of the molecule is Cc1nc2cccc3nc(SCCCCCN)c1n23. The van der Waals surface area contributed by atoms with Crippen molar-refractivity contribution >= 4 is 28.6 Å². The van der Waals surface area contributed by atoms with E-state index in [4.69, 9.17) is 10.7 Å². The molecule has 0 aliphatic rings. The van der Waals surface area contributed by atoms with Gasteiger partial charge in [0.15, 0.2) is 0 Å². The van der Waals surface area contributed by atoms with Gasteiger partial charge in [-0.25, -0.2) is 9.97 Å². The van der Waals surface area contributed by atoms with Crippen LogP contribution in [0, 0.1) is 6.92 Å². The second-order valence-electron chi connectivity index (χ2n) is 4.74. The van der Waals surface area contributed by atoms with E-state index < -0.39 is 0 Å². The van der Waals surface area contributed by atoms with Crippen LogP contribution in [0.2, 0.25) is 0 Å². The van der Waals surface area contributed by atoms with Gasteiger partial charge in [0, 0.05) is 0 Å². The molecule has 0 saturated heterocycles. The van der Waals surface area contributed by atoms with Gasteiger partial charge >= 0.3 is 0 Å². The minimum atomic E-state index is 0.791. The Morgan fingerprint density at radius 3 is 2.74 bits per heavy atom. The molecule has 0 spiro atoms. The monoisotopic (exact) mass is 274 g/mol. The number of hydrogen-bond donors (Lipinski definition) is 1. The van der Waals surface area contributed by atoms with Crippen molar-refractivity contribution in [3.05, 3.63) is 23.9 Å². The molecule has 100 valence electrons. The highest BCUT2D eigenvalue weighted by Crippen LogP contribution is 2.30. The number of hydrogen-bond acceptors (Lipinski definition) is 4. The second-order valence-corrected chi connectivity index (χ2v) is 5.82. The van der Waals surface area contributed by atoms with Crippen LogP contribution in [0.4, 0.5) is 0 Å². The first kappa shape index (κ1) is 12.7. The molecule has 0 aliphatic carbocycles. The van der Waals surface area contributed by atoms with E-state index in [0.717, 1.165) is 40.7 Å². The van der Waals surface area contributed by atoms with Crippen LogP contribution in [0.25, 0.3) is 16.8 Å². The molecule has 0 bridgehead atoms. The number of rotatable bonds is 6. The Morgan fingerprint density at radius 1 is 1.16 bits per heavy atom. The minimum Gasteiger partial charge on any atom is -0.330 e. The smallest absolute Gasteiger partial charge is 0.140 e. The zero-order valence-electron chi connectivity index (χ0n) is 11.1. The maximum absolute atomic E-state index is 5.51. The molecule has 0 amide bonds. The highest BCUT2D eigenvalue weighted by molar-refractivity contribution is 7.99. The summed E-state index contributed by atoms with van der Waals surface area (Å²) in [6, 6.07) is 6.09. The first-order valence-electron chi connectivity index (χ1n) is 6.71. The zero-order valence-corrected chi connectivity index (χ0v) is 11.9. The Kier molecular flexibility index (Phi) is 3.57. The first-order chi connectivity index (χ1) is 9.31. The summed E-state index contributed by atoms with van der Waals surface area (Å²) in [7, 11) is 0. The molecule has 0 fully saturated rings. The lowest BCUT2D eigenvalue weighted by Crippen LogP contribution is -1.97. The average Bonchev–Trinajstić information content (AvgIpc) is 2.93. The Balaban J connectivity index is 1.83. The van der Waals surface area contributed by atoms with E-state index >= 15 is 0 Å². The van der Waals surface area contributed by atoms with Gasteiger partial charge in [0.05, 0.1) is 5.69 Å². The molecule has 0 radical (unpaired) electrons. The fourth-order valence-electron chi connectivity index (χ4n) is 2.38. The molecular formula is C14H18N4S. The summed E-state index contributed by atoms with van der Waals surface area (Å²) in [6.45, 7) is 2.85. The third kappa shape index (κ3) is 2.28. The Bertz CT molecular complexity index is 676. The Labute approximate surface area is 116 Å². The van der Waals surface area contributed by atoms with Crippen LogP contribution < -0.4 is 5.73 Å². The number of aryl methyl sites for hydroxylation is 1. The number of nitrogens with two attached hydrogens (primary N) is 1. The van der Waals surface area contributed by atoms with E-state index in [0.29, 0.717) is 0 Å². The molecule has 3 rings (SSSR count). The summed E-state index contributed by atoms with van der Waals surface area (Å²) >= 11 is 1.83. The number of imidazole rings is 2. The van der Waals surface area contributed by atoms with Crippen molar-refractivity contribution in [1.29, 1.82) is 0 Å². The molecule has 0 aromatic carbocycles. The lowest BCUT2D eigenvalue weighted by atomic mass is 10.2. The minimum absolute atomic E-state index is 0.791. The quantitative estimate of drug-likeness (QED) is 0.554. The molecule has 3 aromatic rings. The van der Waals surface area contributed by atoms with Crippen LogP contribution in [0.15, 0.2) is 23.2 Å². The van der Waals surface area contributed by atoms with Crippen LogP contribution in [0.1, 0.15) is 25.0 Å². The summed E-state index contributed by atoms with van der Waals surface area (Å²) in [4.78, 5) is 9.30. The van der Waals surface area contributed by atoms with Crippen molar-refractivity contribution in [2.24, 2.45) is 5.73 Å². The molecular weight excluding hydrogens is 256 g/mol. The zero-order chi connectivity index (χ0) is 13.2. The number of thioether (sulfide) groups is 1. The van der Waals surface area contributed by atoms with E-state index in [1.807, 2.05) is 30.0 Å². The predicted molar refractivity (Wildman–Crippen MR) is 80.0 cm³/mol. The van der Waals surface area contributed by atoms with Crippen molar-refractivity contribution in [1.82, 2.24) is 14.4 Å². The lowest BCUT2D eigenvalue weighted by molar-refractivity contribution is 0.732. The van der Waals surface area contributed by atoms with E-state index in [9.17, 15) is 0 Å². The maximum Gasteiger partial charge on any atom is 0.140 e. The van der Waals surface area contributed by atoms with Crippen LogP contribution in [-0.4, -0.2) is 26.7 Å². The molecule has 19 heavy (non-hydrogen) atoms. The van der Waals surface area contributed by atoms with E-state index in [1.54, 1.807) is 0 Å². The second kappa shape index (κ2) is 5.35. The number of aromatic nitrogens is 3. The number of unbranched alkanes of at least 4 members (excludes halogenated alkanes) is 2. The fourth-order valence-corrected chi connectivity index (χ4v) is 3.45. The van der Waals surface area contributed by atoms with Crippen LogP contribution in [0.5, 0.6) is 0 Å². The van der Waals surface area contributed by atoms with Crippen LogP contribution >= 0.6 is 11.8 Å².